The van der Waals surface area contributed by atoms with E-state index in [9.17, 15) is 14.4 Å². The van der Waals surface area contributed by atoms with Crippen molar-refractivity contribution in [3.8, 4) is 11.4 Å². The number of nitrogens with one attached hydrogen (secondary N) is 1. The van der Waals surface area contributed by atoms with Crippen LogP contribution in [0.1, 0.15) is 41.4 Å². The van der Waals surface area contributed by atoms with Crippen LogP contribution in [0.2, 0.25) is 10.0 Å². The SMILES string of the molecule is COc1ccccc1-n1c(NCC2CCN(C(C)=O)CC2)nc2c(c1=O)CCN(C(=O)c1ccc(Cl)c(Cl)c1)C2. The number of amides is 2. The minimum atomic E-state index is -0.202. The van der Waals surface area contributed by atoms with Crippen LogP contribution in [0.4, 0.5) is 5.95 Å². The summed E-state index contributed by atoms with van der Waals surface area (Å²) >= 11 is 12.2. The number of carbonyl (C=O) groups excluding carboxylic acids is 2. The van der Waals surface area contributed by atoms with Gasteiger partial charge in [-0.05, 0) is 55.5 Å². The predicted molar refractivity (Wildman–Crippen MR) is 155 cm³/mol. The summed E-state index contributed by atoms with van der Waals surface area (Å²) in [6, 6.07) is 12.1. The van der Waals surface area contributed by atoms with Crippen molar-refractivity contribution in [3.05, 3.63) is 79.7 Å². The number of likely N-dealkylation sites (tertiary alicyclic amines) is 1. The third kappa shape index (κ3) is 5.67. The highest BCUT2D eigenvalue weighted by Crippen LogP contribution is 2.28. The molecule has 9 nitrogen and oxygen atoms in total. The standard InChI is InChI=1S/C29H31Cl2N5O4/c1-18(37)34-12-9-19(10-13-34)16-32-29-33-24-17-35(27(38)20-7-8-22(30)23(31)15-20)14-11-21(24)28(39)36(29)25-5-3-4-6-26(25)40-2/h3-8,15,19H,9-14,16-17H2,1-2H3,(H,32,33). The van der Waals surface area contributed by atoms with E-state index in [0.29, 0.717) is 82.8 Å². The molecule has 2 aliphatic heterocycles. The number of methoxy groups -OCH3 is 1. The van der Waals surface area contributed by atoms with Crippen LogP contribution in [-0.2, 0) is 17.8 Å². The summed E-state index contributed by atoms with van der Waals surface area (Å²) in [5.74, 6) is 1.16. The highest BCUT2D eigenvalue weighted by Gasteiger charge is 2.29. The van der Waals surface area contributed by atoms with Crippen molar-refractivity contribution in [2.75, 3.05) is 38.6 Å². The van der Waals surface area contributed by atoms with Crippen LogP contribution in [0.25, 0.3) is 5.69 Å². The third-order valence-corrected chi connectivity index (χ3v) is 8.36. The number of piperidine rings is 1. The normalized spacial score (nSPS) is 15.5. The van der Waals surface area contributed by atoms with Gasteiger partial charge in [-0.2, -0.15) is 0 Å². The Hall–Kier alpha value is -3.56. The number of aromatic nitrogens is 2. The number of fused-ring (bicyclic) bond motifs is 1. The van der Waals surface area contributed by atoms with Crippen LogP contribution >= 0.6 is 23.2 Å². The monoisotopic (exact) mass is 583 g/mol. The van der Waals surface area contributed by atoms with Crippen molar-refractivity contribution >= 4 is 41.0 Å². The average molecular weight is 585 g/mol. The Morgan fingerprint density at radius 1 is 1.05 bits per heavy atom. The zero-order valence-electron chi connectivity index (χ0n) is 22.5. The summed E-state index contributed by atoms with van der Waals surface area (Å²) in [5.41, 5.74) is 1.96. The van der Waals surface area contributed by atoms with Gasteiger partial charge in [-0.1, -0.05) is 35.3 Å². The first-order chi connectivity index (χ1) is 19.3. The number of benzene rings is 2. The van der Waals surface area contributed by atoms with Gasteiger partial charge in [0.25, 0.3) is 11.5 Å². The molecule has 0 bridgehead atoms. The molecule has 1 saturated heterocycles. The molecule has 2 aromatic carbocycles. The van der Waals surface area contributed by atoms with Crippen LogP contribution < -0.4 is 15.6 Å². The van der Waals surface area contributed by atoms with E-state index in [2.05, 4.69) is 5.32 Å². The van der Waals surface area contributed by atoms with E-state index in [0.717, 1.165) is 12.8 Å². The lowest BCUT2D eigenvalue weighted by molar-refractivity contribution is -0.130. The van der Waals surface area contributed by atoms with Gasteiger partial charge in [0.1, 0.15) is 5.75 Å². The molecule has 40 heavy (non-hydrogen) atoms. The Balaban J connectivity index is 1.46. The van der Waals surface area contributed by atoms with E-state index in [-0.39, 0.29) is 23.9 Å². The molecule has 5 rings (SSSR count). The number of carbonyl (C=O) groups is 2. The number of hydrogen-bond acceptors (Lipinski definition) is 6. The van der Waals surface area contributed by atoms with Gasteiger partial charge in [0.15, 0.2) is 0 Å². The first kappa shape index (κ1) is 28.0. The molecule has 1 N–H and O–H groups in total. The van der Waals surface area contributed by atoms with Crippen LogP contribution in [0.3, 0.4) is 0 Å². The molecular weight excluding hydrogens is 553 g/mol. The van der Waals surface area contributed by atoms with Crippen LogP contribution in [-0.4, -0.2) is 64.5 Å². The van der Waals surface area contributed by atoms with Gasteiger partial charge in [0, 0.05) is 44.2 Å². The highest BCUT2D eigenvalue weighted by atomic mass is 35.5. The highest BCUT2D eigenvalue weighted by molar-refractivity contribution is 6.42. The van der Waals surface area contributed by atoms with Crippen molar-refractivity contribution in [1.82, 2.24) is 19.4 Å². The smallest absolute Gasteiger partial charge is 0.263 e. The van der Waals surface area contributed by atoms with Crippen molar-refractivity contribution in [2.24, 2.45) is 5.92 Å². The number of ether oxygens (including phenoxy) is 1. The fourth-order valence-electron chi connectivity index (χ4n) is 5.32. The van der Waals surface area contributed by atoms with Gasteiger partial charge >= 0.3 is 0 Å². The summed E-state index contributed by atoms with van der Waals surface area (Å²) in [6.07, 6.45) is 2.10. The van der Waals surface area contributed by atoms with Gasteiger partial charge in [-0.15, -0.1) is 0 Å². The largest absolute Gasteiger partial charge is 0.495 e. The Labute approximate surface area is 242 Å². The number of hydrogen-bond donors (Lipinski definition) is 1. The number of nitrogens with zero attached hydrogens (tertiary/aromatic N) is 4. The molecule has 3 aromatic rings. The van der Waals surface area contributed by atoms with E-state index in [1.54, 1.807) is 47.8 Å². The molecule has 1 fully saturated rings. The Bertz CT molecular complexity index is 1500. The summed E-state index contributed by atoms with van der Waals surface area (Å²) in [6.45, 7) is 4.18. The maximum Gasteiger partial charge on any atom is 0.263 e. The number of anilines is 1. The van der Waals surface area contributed by atoms with Gasteiger partial charge in [-0.3, -0.25) is 14.4 Å². The summed E-state index contributed by atoms with van der Waals surface area (Å²) in [4.78, 5) is 47.4. The van der Waals surface area contributed by atoms with Crippen molar-refractivity contribution in [3.63, 3.8) is 0 Å². The molecule has 3 heterocycles. The predicted octanol–water partition coefficient (Wildman–Crippen LogP) is 4.42. The lowest BCUT2D eigenvalue weighted by Crippen LogP contribution is -2.41. The second-order valence-corrected chi connectivity index (χ2v) is 10.9. The molecule has 0 atom stereocenters. The fraction of sp³-hybridized carbons (Fsp3) is 0.379. The average Bonchev–Trinajstić information content (AvgIpc) is 2.97. The van der Waals surface area contributed by atoms with E-state index in [1.165, 1.54) is 0 Å². The molecule has 0 saturated carbocycles. The van der Waals surface area contributed by atoms with Gasteiger partial charge < -0.3 is 19.9 Å². The summed E-state index contributed by atoms with van der Waals surface area (Å²) in [5, 5.41) is 4.10. The first-order valence-electron chi connectivity index (χ1n) is 13.3. The molecule has 210 valence electrons. The second kappa shape index (κ2) is 11.9. The van der Waals surface area contributed by atoms with Crippen LogP contribution in [0, 0.1) is 5.92 Å². The molecule has 2 aliphatic rings. The minimum absolute atomic E-state index is 0.0905. The van der Waals surface area contributed by atoms with E-state index >= 15 is 0 Å². The molecule has 0 aliphatic carbocycles. The van der Waals surface area contributed by atoms with Gasteiger partial charge in [0.05, 0.1) is 35.1 Å². The lowest BCUT2D eigenvalue weighted by atomic mass is 9.97. The second-order valence-electron chi connectivity index (χ2n) is 10.1. The molecule has 2 amide bonds. The number of para-hydroxylation sites is 2. The van der Waals surface area contributed by atoms with E-state index in [1.807, 2.05) is 23.1 Å². The fourth-order valence-corrected chi connectivity index (χ4v) is 5.62. The van der Waals surface area contributed by atoms with Crippen molar-refractivity contribution in [1.29, 1.82) is 0 Å². The van der Waals surface area contributed by atoms with Crippen molar-refractivity contribution in [2.45, 2.75) is 32.7 Å². The Kier molecular flexibility index (Phi) is 8.32. The van der Waals surface area contributed by atoms with E-state index < -0.39 is 0 Å². The lowest BCUT2D eigenvalue weighted by Gasteiger charge is -2.32. The molecular formula is C29H31Cl2N5O4. The zero-order valence-corrected chi connectivity index (χ0v) is 24.0. The maximum atomic E-state index is 13.9. The maximum absolute atomic E-state index is 13.9. The van der Waals surface area contributed by atoms with Crippen LogP contribution in [0.15, 0.2) is 47.3 Å². The molecule has 11 heteroatoms. The van der Waals surface area contributed by atoms with Gasteiger partial charge in [0.2, 0.25) is 11.9 Å². The number of rotatable bonds is 6. The van der Waals surface area contributed by atoms with Crippen LogP contribution in [0.5, 0.6) is 5.75 Å². The minimum Gasteiger partial charge on any atom is -0.495 e. The number of halogens is 2. The Morgan fingerprint density at radius 2 is 1.80 bits per heavy atom. The Morgan fingerprint density at radius 3 is 2.50 bits per heavy atom. The zero-order chi connectivity index (χ0) is 28.4. The molecule has 0 spiro atoms. The van der Waals surface area contributed by atoms with Gasteiger partial charge in [-0.25, -0.2) is 9.55 Å². The quantitative estimate of drug-likeness (QED) is 0.461. The summed E-state index contributed by atoms with van der Waals surface area (Å²) in [7, 11) is 1.57. The molecule has 0 unspecified atom stereocenters. The molecule has 0 radical (unpaired) electrons. The first-order valence-corrected chi connectivity index (χ1v) is 14.0. The van der Waals surface area contributed by atoms with Crippen molar-refractivity contribution < 1.29 is 14.3 Å². The third-order valence-electron chi connectivity index (χ3n) is 7.62. The topological polar surface area (TPSA) is 96.8 Å². The molecule has 1 aromatic heterocycles. The van der Waals surface area contributed by atoms with E-state index in [4.69, 9.17) is 32.9 Å². The summed E-state index contributed by atoms with van der Waals surface area (Å²) < 4.78 is 7.14.